The lowest BCUT2D eigenvalue weighted by molar-refractivity contribution is 0.219. The first-order valence-corrected chi connectivity index (χ1v) is 8.50. The summed E-state index contributed by atoms with van der Waals surface area (Å²) in [6.45, 7) is 1.18. The van der Waals surface area contributed by atoms with E-state index >= 15 is 0 Å². The Balaban J connectivity index is 1.48. The number of hydrogen-bond donors (Lipinski definition) is 0. The molecule has 1 aromatic heterocycles. The molecule has 1 atom stereocenters. The molecule has 1 aliphatic rings. The molecule has 0 amide bonds. The van der Waals surface area contributed by atoms with Crippen molar-refractivity contribution in [1.29, 1.82) is 0 Å². The highest BCUT2D eigenvalue weighted by Crippen LogP contribution is 2.21. The van der Waals surface area contributed by atoms with Gasteiger partial charge in [-0.1, -0.05) is 36.4 Å². The van der Waals surface area contributed by atoms with Crippen molar-refractivity contribution in [3.8, 4) is 0 Å². The Morgan fingerprint density at radius 3 is 2.73 bits per heavy atom. The smallest absolute Gasteiger partial charge is 0.0436 e. The van der Waals surface area contributed by atoms with Crippen LogP contribution in [0.3, 0.4) is 0 Å². The van der Waals surface area contributed by atoms with Gasteiger partial charge in [-0.15, -0.1) is 0 Å². The van der Waals surface area contributed by atoms with Gasteiger partial charge in [0.25, 0.3) is 0 Å². The molecule has 1 aromatic carbocycles. The third-order valence-electron chi connectivity index (χ3n) is 4.89. The lowest BCUT2D eigenvalue weighted by Crippen LogP contribution is -2.33. The van der Waals surface area contributed by atoms with Crippen LogP contribution in [-0.2, 0) is 19.3 Å². The molecule has 2 nitrogen and oxygen atoms in total. The third kappa shape index (κ3) is 3.95. The normalized spacial score (nSPS) is 18.0. The van der Waals surface area contributed by atoms with E-state index in [1.165, 1.54) is 55.5 Å². The third-order valence-corrected chi connectivity index (χ3v) is 4.89. The minimum Gasteiger partial charge on any atom is -0.303 e. The molecule has 2 aromatic rings. The lowest BCUT2D eigenvalue weighted by atomic mass is 10.1. The molecule has 0 fully saturated rings. The fourth-order valence-electron chi connectivity index (χ4n) is 3.49. The molecule has 0 saturated heterocycles. The summed E-state index contributed by atoms with van der Waals surface area (Å²) < 4.78 is 0. The van der Waals surface area contributed by atoms with E-state index in [-0.39, 0.29) is 0 Å². The summed E-state index contributed by atoms with van der Waals surface area (Å²) in [4.78, 5) is 7.12. The monoisotopic (exact) mass is 294 g/mol. The van der Waals surface area contributed by atoms with Gasteiger partial charge in [0.2, 0.25) is 0 Å². The number of hydrogen-bond acceptors (Lipinski definition) is 2. The van der Waals surface area contributed by atoms with E-state index in [0.717, 1.165) is 6.42 Å². The molecular formula is C20H26N2. The molecule has 0 bridgehead atoms. The number of rotatable bonds is 5. The van der Waals surface area contributed by atoms with Crippen LogP contribution in [0.5, 0.6) is 0 Å². The Morgan fingerprint density at radius 1 is 1.05 bits per heavy atom. The average molecular weight is 294 g/mol. The quantitative estimate of drug-likeness (QED) is 0.778. The standard InChI is InChI=1S/C20H26N2/c1-22(16-6-9-17-7-3-2-4-8-17)19-12-11-18-10-5-15-21-20(18)14-13-19/h2-5,7-8,10,15,19H,6,9,11-14,16H2,1H3. The predicted molar refractivity (Wildman–Crippen MR) is 92.1 cm³/mol. The largest absolute Gasteiger partial charge is 0.303 e. The predicted octanol–water partition coefficient (Wildman–Crippen LogP) is 3.89. The van der Waals surface area contributed by atoms with Gasteiger partial charge in [0.05, 0.1) is 0 Å². The van der Waals surface area contributed by atoms with Crippen LogP contribution in [0.15, 0.2) is 48.7 Å². The molecule has 1 unspecified atom stereocenters. The molecule has 1 aliphatic carbocycles. The van der Waals surface area contributed by atoms with Crippen LogP contribution in [0.25, 0.3) is 0 Å². The maximum atomic E-state index is 4.56. The van der Waals surface area contributed by atoms with Gasteiger partial charge in [0, 0.05) is 17.9 Å². The van der Waals surface area contributed by atoms with Gasteiger partial charge in [-0.25, -0.2) is 0 Å². The first-order chi connectivity index (χ1) is 10.8. The Hall–Kier alpha value is -1.67. The van der Waals surface area contributed by atoms with Gasteiger partial charge in [-0.05, 0) is 69.3 Å². The van der Waals surface area contributed by atoms with Crippen LogP contribution < -0.4 is 0 Å². The summed E-state index contributed by atoms with van der Waals surface area (Å²) in [6, 6.07) is 15.8. The summed E-state index contributed by atoms with van der Waals surface area (Å²) in [5.74, 6) is 0. The van der Waals surface area contributed by atoms with E-state index in [9.17, 15) is 0 Å². The van der Waals surface area contributed by atoms with Crippen molar-refractivity contribution in [2.75, 3.05) is 13.6 Å². The van der Waals surface area contributed by atoms with Gasteiger partial charge >= 0.3 is 0 Å². The molecule has 0 spiro atoms. The highest BCUT2D eigenvalue weighted by atomic mass is 15.1. The topological polar surface area (TPSA) is 16.1 Å². The summed E-state index contributed by atoms with van der Waals surface area (Å²) in [6.07, 6.45) is 9.16. The molecule has 2 heteroatoms. The average Bonchev–Trinajstić information content (AvgIpc) is 2.78. The Kier molecular flexibility index (Phi) is 5.23. The molecule has 0 saturated carbocycles. The van der Waals surface area contributed by atoms with Crippen LogP contribution in [0.4, 0.5) is 0 Å². The maximum Gasteiger partial charge on any atom is 0.0436 e. The molecule has 0 aliphatic heterocycles. The first kappa shape index (κ1) is 15.2. The molecule has 0 radical (unpaired) electrons. The number of pyridine rings is 1. The zero-order chi connectivity index (χ0) is 15.2. The van der Waals surface area contributed by atoms with E-state index in [1.54, 1.807) is 0 Å². The van der Waals surface area contributed by atoms with Crippen molar-refractivity contribution in [2.24, 2.45) is 0 Å². The molecule has 0 N–H and O–H groups in total. The van der Waals surface area contributed by atoms with Crippen molar-refractivity contribution in [2.45, 2.75) is 44.6 Å². The summed E-state index contributed by atoms with van der Waals surface area (Å²) in [7, 11) is 2.29. The lowest BCUT2D eigenvalue weighted by Gasteiger charge is -2.27. The Bertz CT molecular complexity index is 552. The first-order valence-electron chi connectivity index (χ1n) is 8.50. The van der Waals surface area contributed by atoms with Gasteiger partial charge in [-0.3, -0.25) is 4.98 Å². The zero-order valence-electron chi connectivity index (χ0n) is 13.5. The number of aromatic nitrogens is 1. The fourth-order valence-corrected chi connectivity index (χ4v) is 3.49. The number of fused-ring (bicyclic) bond motifs is 1. The molecule has 3 rings (SSSR count). The highest BCUT2D eigenvalue weighted by molar-refractivity contribution is 5.21. The second-order valence-electron chi connectivity index (χ2n) is 6.41. The number of aryl methyl sites for hydroxylation is 3. The van der Waals surface area contributed by atoms with E-state index in [2.05, 4.69) is 59.4 Å². The highest BCUT2D eigenvalue weighted by Gasteiger charge is 2.19. The van der Waals surface area contributed by atoms with Gasteiger partial charge in [0.15, 0.2) is 0 Å². The molecule has 116 valence electrons. The van der Waals surface area contributed by atoms with Crippen LogP contribution >= 0.6 is 0 Å². The Morgan fingerprint density at radius 2 is 1.86 bits per heavy atom. The second kappa shape index (κ2) is 7.55. The number of benzene rings is 1. The van der Waals surface area contributed by atoms with Gasteiger partial charge in [0.1, 0.15) is 0 Å². The minimum absolute atomic E-state index is 0.699. The maximum absolute atomic E-state index is 4.56. The zero-order valence-corrected chi connectivity index (χ0v) is 13.5. The van der Waals surface area contributed by atoms with Crippen molar-refractivity contribution in [1.82, 2.24) is 9.88 Å². The minimum atomic E-state index is 0.699. The molecule has 1 heterocycles. The summed E-state index contributed by atoms with van der Waals surface area (Å²) >= 11 is 0. The summed E-state index contributed by atoms with van der Waals surface area (Å²) in [5.41, 5.74) is 4.23. The van der Waals surface area contributed by atoms with Crippen LogP contribution in [0, 0.1) is 0 Å². The molecule has 22 heavy (non-hydrogen) atoms. The van der Waals surface area contributed by atoms with Gasteiger partial charge < -0.3 is 4.90 Å². The van der Waals surface area contributed by atoms with E-state index in [1.807, 2.05) is 6.20 Å². The molecular weight excluding hydrogens is 268 g/mol. The van der Waals surface area contributed by atoms with Crippen molar-refractivity contribution in [3.05, 3.63) is 65.5 Å². The van der Waals surface area contributed by atoms with E-state index in [0.29, 0.717) is 6.04 Å². The van der Waals surface area contributed by atoms with Crippen molar-refractivity contribution < 1.29 is 0 Å². The van der Waals surface area contributed by atoms with Crippen molar-refractivity contribution >= 4 is 0 Å². The SMILES string of the molecule is CN(CCCc1ccccc1)C1CCc2cccnc2CC1. The number of nitrogens with zero attached hydrogens (tertiary/aromatic N) is 2. The van der Waals surface area contributed by atoms with Crippen molar-refractivity contribution in [3.63, 3.8) is 0 Å². The van der Waals surface area contributed by atoms with Crippen LogP contribution in [0.1, 0.15) is 36.1 Å². The second-order valence-corrected chi connectivity index (χ2v) is 6.41. The van der Waals surface area contributed by atoms with E-state index < -0.39 is 0 Å². The summed E-state index contributed by atoms with van der Waals surface area (Å²) in [5, 5.41) is 0. The van der Waals surface area contributed by atoms with Gasteiger partial charge in [-0.2, -0.15) is 0 Å². The fraction of sp³-hybridized carbons (Fsp3) is 0.450. The van der Waals surface area contributed by atoms with E-state index in [4.69, 9.17) is 0 Å². The van der Waals surface area contributed by atoms with Crippen LogP contribution in [-0.4, -0.2) is 29.5 Å². The Labute approximate surface area is 134 Å². The van der Waals surface area contributed by atoms with Crippen LogP contribution in [0.2, 0.25) is 0 Å².